The van der Waals surface area contributed by atoms with E-state index in [-0.39, 0.29) is 32.0 Å². The van der Waals surface area contributed by atoms with Crippen molar-refractivity contribution in [1.29, 1.82) is 0 Å². The van der Waals surface area contributed by atoms with Crippen LogP contribution in [0.5, 0.6) is 0 Å². The van der Waals surface area contributed by atoms with E-state index >= 15 is 0 Å². The van der Waals surface area contributed by atoms with Gasteiger partial charge in [-0.3, -0.25) is 14.2 Å². The number of likely N-dealkylation sites (N-methyl/N-ethyl adjacent to an activating group) is 1. The number of carbonyl (C=O) groups is 2. The Hall–Kier alpha value is -1.25. The van der Waals surface area contributed by atoms with Crippen molar-refractivity contribution in [1.82, 2.24) is 0 Å². The van der Waals surface area contributed by atoms with Crippen molar-refractivity contribution in [2.75, 3.05) is 47.5 Å². The Kier molecular flexibility index (Phi) is 43.1. The highest BCUT2D eigenvalue weighted by Crippen LogP contribution is 2.38. The van der Waals surface area contributed by atoms with Gasteiger partial charge in [0.2, 0.25) is 0 Å². The Morgan fingerprint density at radius 1 is 0.492 bits per heavy atom. The number of carbonyl (C=O) groups excluding carboxylic acids is 2. The molecule has 0 aliphatic carbocycles. The Bertz CT molecular complexity index is 1050. The summed E-state index contributed by atoms with van der Waals surface area (Å²) in [7, 11) is 1.18. The molecular weight excluding hydrogens is 786 g/mol. The fraction of sp³-hybridized carbons (Fsp3) is 0.922. The fourth-order valence-electron chi connectivity index (χ4n) is 7.48. The van der Waals surface area contributed by atoms with Gasteiger partial charge in [-0.1, -0.05) is 212 Å². The summed E-state index contributed by atoms with van der Waals surface area (Å²) >= 11 is 0. The molecule has 362 valence electrons. The predicted octanol–water partition coefficient (Wildman–Crippen LogP) is 14.7. The number of hydrogen-bond donors (Lipinski definition) is 0. The smallest absolute Gasteiger partial charge is 0.306 e. The average molecular weight is 886 g/mol. The van der Waals surface area contributed by atoms with Crippen LogP contribution >= 0.6 is 7.82 Å². The minimum atomic E-state index is -4.61. The van der Waals surface area contributed by atoms with E-state index in [0.717, 1.165) is 38.5 Å². The summed E-state index contributed by atoms with van der Waals surface area (Å²) in [5.41, 5.74) is 0. The quantitative estimate of drug-likeness (QED) is 0.0195. The van der Waals surface area contributed by atoms with Gasteiger partial charge in [0.1, 0.15) is 19.8 Å². The Morgan fingerprint density at radius 3 is 1.21 bits per heavy atom. The predicted molar refractivity (Wildman–Crippen MR) is 255 cm³/mol. The van der Waals surface area contributed by atoms with Gasteiger partial charge < -0.3 is 27.9 Å². The summed E-state index contributed by atoms with van der Waals surface area (Å²) in [6, 6.07) is 0. The molecule has 2 unspecified atom stereocenters. The van der Waals surface area contributed by atoms with E-state index in [1.54, 1.807) is 0 Å². The topological polar surface area (TPSA) is 111 Å². The monoisotopic (exact) mass is 886 g/mol. The van der Waals surface area contributed by atoms with Gasteiger partial charge in [0, 0.05) is 12.8 Å². The molecule has 0 spiro atoms. The largest absolute Gasteiger partial charge is 0.756 e. The lowest BCUT2D eigenvalue weighted by Gasteiger charge is -2.28. The number of phosphoric acid groups is 1. The normalized spacial score (nSPS) is 13.5. The first kappa shape index (κ1) is 59.8. The van der Waals surface area contributed by atoms with Crippen molar-refractivity contribution < 1.29 is 42.1 Å². The van der Waals surface area contributed by atoms with Gasteiger partial charge >= 0.3 is 11.9 Å². The van der Waals surface area contributed by atoms with Gasteiger partial charge in [-0.2, -0.15) is 0 Å². The lowest BCUT2D eigenvalue weighted by Crippen LogP contribution is -2.37. The number of esters is 2. The first-order chi connectivity index (χ1) is 29.5. The molecular formula is C51H100NO8P. The molecule has 0 radical (unpaired) electrons. The van der Waals surface area contributed by atoms with Crippen LogP contribution in [0.3, 0.4) is 0 Å². The first-order valence-corrected chi connectivity index (χ1v) is 27.4. The van der Waals surface area contributed by atoms with Gasteiger partial charge in [-0.25, -0.2) is 0 Å². The van der Waals surface area contributed by atoms with Gasteiger partial charge in [-0.05, 0) is 38.5 Å². The number of allylic oxidation sites excluding steroid dienone is 2. The van der Waals surface area contributed by atoms with E-state index in [0.29, 0.717) is 17.4 Å². The van der Waals surface area contributed by atoms with E-state index in [2.05, 4.69) is 26.0 Å². The highest BCUT2D eigenvalue weighted by atomic mass is 31.2. The van der Waals surface area contributed by atoms with Crippen LogP contribution in [-0.4, -0.2) is 70.0 Å². The zero-order valence-corrected chi connectivity index (χ0v) is 41.8. The van der Waals surface area contributed by atoms with Crippen molar-refractivity contribution in [2.45, 2.75) is 258 Å². The standard InChI is InChI=1S/C51H100NO8P/c1-6-8-10-12-14-15-16-17-18-19-20-21-22-23-24-25-26-27-28-29-30-31-32-33-34-35-36-37-38-40-42-44-51(54)60-49(47-57-50(53)43-41-39-13-11-9-7-2)48-59-61(55,56)58-46-45-52(3,4)5/h19-20,49H,6-18,21-48H2,1-5H3/b20-19-. The van der Waals surface area contributed by atoms with Crippen LogP contribution in [0.2, 0.25) is 0 Å². The first-order valence-electron chi connectivity index (χ1n) is 25.9. The third-order valence-electron chi connectivity index (χ3n) is 11.5. The summed E-state index contributed by atoms with van der Waals surface area (Å²) in [5, 5.41) is 0. The van der Waals surface area contributed by atoms with Gasteiger partial charge in [0.05, 0.1) is 27.7 Å². The molecule has 9 nitrogen and oxygen atoms in total. The molecule has 0 heterocycles. The zero-order chi connectivity index (χ0) is 45.0. The van der Waals surface area contributed by atoms with Gasteiger partial charge in [0.15, 0.2) is 6.10 Å². The molecule has 0 saturated carbocycles. The van der Waals surface area contributed by atoms with E-state index in [1.165, 1.54) is 180 Å². The lowest BCUT2D eigenvalue weighted by molar-refractivity contribution is -0.870. The maximum atomic E-state index is 12.7. The number of phosphoric ester groups is 1. The minimum Gasteiger partial charge on any atom is -0.756 e. The van der Waals surface area contributed by atoms with Gasteiger partial charge in [-0.15, -0.1) is 0 Å². The second-order valence-corrected chi connectivity index (χ2v) is 20.3. The Balaban J connectivity index is 3.87. The average Bonchev–Trinajstić information content (AvgIpc) is 3.21. The summed E-state index contributed by atoms with van der Waals surface area (Å²) in [6.45, 7) is 4.19. The summed E-state index contributed by atoms with van der Waals surface area (Å²) in [5.74, 6) is -0.832. The highest BCUT2D eigenvalue weighted by molar-refractivity contribution is 7.45. The molecule has 0 fully saturated rings. The van der Waals surface area contributed by atoms with Crippen LogP contribution in [0.25, 0.3) is 0 Å². The molecule has 0 saturated heterocycles. The van der Waals surface area contributed by atoms with Crippen molar-refractivity contribution in [3.05, 3.63) is 12.2 Å². The van der Waals surface area contributed by atoms with Crippen LogP contribution in [0.4, 0.5) is 0 Å². The van der Waals surface area contributed by atoms with Crippen LogP contribution in [0.1, 0.15) is 251 Å². The van der Waals surface area contributed by atoms with Crippen molar-refractivity contribution in [2.24, 2.45) is 0 Å². The summed E-state index contributed by atoms with van der Waals surface area (Å²) in [4.78, 5) is 37.3. The lowest BCUT2D eigenvalue weighted by atomic mass is 10.0. The number of hydrogen-bond acceptors (Lipinski definition) is 8. The molecule has 0 aromatic heterocycles. The molecule has 0 amide bonds. The molecule has 0 aliphatic heterocycles. The molecule has 61 heavy (non-hydrogen) atoms. The van der Waals surface area contributed by atoms with Crippen molar-refractivity contribution in [3.63, 3.8) is 0 Å². The summed E-state index contributed by atoms with van der Waals surface area (Å²) in [6.07, 6.45) is 48.8. The zero-order valence-electron chi connectivity index (χ0n) is 40.9. The molecule has 0 rings (SSSR count). The van der Waals surface area contributed by atoms with Crippen molar-refractivity contribution in [3.8, 4) is 0 Å². The third kappa shape index (κ3) is 48.1. The number of nitrogens with zero attached hydrogens (tertiary/aromatic N) is 1. The second kappa shape index (κ2) is 44.0. The summed E-state index contributed by atoms with van der Waals surface area (Å²) < 4.78 is 33.8. The number of rotatable bonds is 48. The molecule has 0 bridgehead atoms. The third-order valence-corrected chi connectivity index (χ3v) is 12.5. The maximum Gasteiger partial charge on any atom is 0.306 e. The van der Waals surface area contributed by atoms with Crippen LogP contribution in [-0.2, 0) is 32.7 Å². The molecule has 0 aromatic carbocycles. The molecule has 10 heteroatoms. The molecule has 0 aromatic rings. The van der Waals surface area contributed by atoms with Crippen molar-refractivity contribution >= 4 is 19.8 Å². The van der Waals surface area contributed by atoms with Gasteiger partial charge in [0.25, 0.3) is 7.82 Å². The Labute approximate surface area is 377 Å². The van der Waals surface area contributed by atoms with Crippen LogP contribution in [0.15, 0.2) is 12.2 Å². The van der Waals surface area contributed by atoms with E-state index in [4.69, 9.17) is 18.5 Å². The highest BCUT2D eigenvalue weighted by Gasteiger charge is 2.21. The molecule has 0 N–H and O–H groups in total. The number of unbranched alkanes of at least 4 members (excludes halogenated alkanes) is 32. The SMILES string of the molecule is CCCCCCCCCC/C=C\CCCCCCCCCCCCCCCCCCCCCC(=O)OC(COC(=O)CCCCCCCC)COP(=O)([O-])OCC[N+](C)(C)C. The molecule has 2 atom stereocenters. The number of ether oxygens (including phenoxy) is 2. The van der Waals surface area contributed by atoms with E-state index in [9.17, 15) is 19.0 Å². The van der Waals surface area contributed by atoms with Crippen LogP contribution in [0, 0.1) is 0 Å². The number of quaternary nitrogens is 1. The fourth-order valence-corrected chi connectivity index (χ4v) is 8.20. The minimum absolute atomic E-state index is 0.0272. The Morgan fingerprint density at radius 2 is 0.836 bits per heavy atom. The second-order valence-electron chi connectivity index (χ2n) is 18.9. The maximum absolute atomic E-state index is 12.7. The van der Waals surface area contributed by atoms with E-state index < -0.39 is 26.5 Å². The van der Waals surface area contributed by atoms with E-state index in [1.807, 2.05) is 21.1 Å². The molecule has 0 aliphatic rings. The van der Waals surface area contributed by atoms with Crippen LogP contribution < -0.4 is 4.89 Å².